The van der Waals surface area contributed by atoms with Gasteiger partial charge in [-0.15, -0.1) is 0 Å². The molecule has 2 heterocycles. The summed E-state index contributed by atoms with van der Waals surface area (Å²) in [6.45, 7) is 3.48. The minimum atomic E-state index is -4.35. The summed E-state index contributed by atoms with van der Waals surface area (Å²) in [5.41, 5.74) is -0.0838. The lowest BCUT2D eigenvalue weighted by Crippen LogP contribution is -2.51. The predicted octanol–water partition coefficient (Wildman–Crippen LogP) is 2.92. The molecule has 32 heavy (non-hydrogen) atoms. The molecule has 2 saturated heterocycles. The van der Waals surface area contributed by atoms with Crippen LogP contribution in [0.2, 0.25) is 0 Å². The normalized spacial score (nSPS) is 29.4. The summed E-state index contributed by atoms with van der Waals surface area (Å²) in [6, 6.07) is 5.97. The van der Waals surface area contributed by atoms with E-state index < -0.39 is 11.7 Å². The Morgan fingerprint density at radius 3 is 2.66 bits per heavy atom. The lowest BCUT2D eigenvalue weighted by molar-refractivity contribution is -0.137. The molecule has 1 N–H and O–H groups in total. The van der Waals surface area contributed by atoms with E-state index in [0.29, 0.717) is 44.5 Å². The molecular weight excluding hydrogens is 423 g/mol. The summed E-state index contributed by atoms with van der Waals surface area (Å²) < 4.78 is 50.0. The van der Waals surface area contributed by atoms with Gasteiger partial charge in [-0.05, 0) is 43.9 Å². The maximum absolute atomic E-state index is 13.1. The van der Waals surface area contributed by atoms with Crippen LogP contribution in [0, 0.1) is 5.92 Å². The van der Waals surface area contributed by atoms with Gasteiger partial charge in [0, 0.05) is 63.6 Å². The van der Waals surface area contributed by atoms with Crippen molar-refractivity contribution in [3.8, 4) is 0 Å². The highest BCUT2D eigenvalue weighted by molar-refractivity contribution is 5.79. The van der Waals surface area contributed by atoms with E-state index in [1.165, 1.54) is 12.1 Å². The van der Waals surface area contributed by atoms with Gasteiger partial charge in [-0.3, -0.25) is 4.79 Å². The third-order valence-electron chi connectivity index (χ3n) is 6.97. The molecule has 4 unspecified atom stereocenters. The smallest absolute Gasteiger partial charge is 0.379 e. The molecule has 0 aromatic heterocycles. The van der Waals surface area contributed by atoms with Crippen molar-refractivity contribution in [3.05, 3.63) is 29.8 Å². The number of rotatable bonds is 5. The van der Waals surface area contributed by atoms with Gasteiger partial charge in [-0.2, -0.15) is 13.2 Å². The Morgan fingerprint density at radius 2 is 1.94 bits per heavy atom. The Morgan fingerprint density at radius 1 is 1.16 bits per heavy atom. The van der Waals surface area contributed by atoms with Gasteiger partial charge in [0.05, 0.1) is 18.3 Å². The zero-order chi connectivity index (χ0) is 22.7. The van der Waals surface area contributed by atoms with Crippen LogP contribution in [-0.4, -0.2) is 75.5 Å². The number of ether oxygens (including phenoxy) is 2. The number of nitrogens with zero attached hydrogens (tertiary/aromatic N) is 2. The Kier molecular flexibility index (Phi) is 7.27. The third kappa shape index (κ3) is 5.38. The van der Waals surface area contributed by atoms with Crippen molar-refractivity contribution in [2.75, 3.05) is 51.4 Å². The first-order valence-corrected chi connectivity index (χ1v) is 11.4. The first-order valence-electron chi connectivity index (χ1n) is 11.4. The number of methoxy groups -OCH3 is 1. The first-order chi connectivity index (χ1) is 15.3. The molecule has 1 amide bonds. The lowest BCUT2D eigenvalue weighted by atomic mass is 10.0. The Bertz CT molecular complexity index is 783. The third-order valence-corrected chi connectivity index (χ3v) is 6.97. The summed E-state index contributed by atoms with van der Waals surface area (Å²) in [5.74, 6) is 0.182. The number of halogens is 3. The fourth-order valence-electron chi connectivity index (χ4n) is 5.12. The number of nitrogens with one attached hydrogen (secondary N) is 1. The van der Waals surface area contributed by atoms with Gasteiger partial charge in [0.2, 0.25) is 5.91 Å². The minimum Gasteiger partial charge on any atom is -0.379 e. The van der Waals surface area contributed by atoms with Gasteiger partial charge >= 0.3 is 6.18 Å². The molecule has 0 bridgehead atoms. The maximum atomic E-state index is 13.1. The monoisotopic (exact) mass is 455 g/mol. The molecular formula is C23H32F3N3O3. The molecule has 4 atom stereocenters. The molecule has 1 aromatic carbocycles. The Labute approximate surface area is 187 Å². The number of alkyl halides is 3. The van der Waals surface area contributed by atoms with E-state index >= 15 is 0 Å². The SMILES string of the molecule is COC1COCCC1NC1CCC(C(=O)N2CCN(c3cccc(C(F)(F)F)c3)CC2)C1. The van der Waals surface area contributed by atoms with Crippen LogP contribution >= 0.6 is 0 Å². The highest BCUT2D eigenvalue weighted by Gasteiger charge is 2.36. The number of hydrogen-bond donors (Lipinski definition) is 1. The number of carbonyl (C=O) groups is 1. The second-order valence-corrected chi connectivity index (χ2v) is 8.98. The zero-order valence-electron chi connectivity index (χ0n) is 18.4. The van der Waals surface area contributed by atoms with Crippen LogP contribution in [0.4, 0.5) is 18.9 Å². The fraction of sp³-hybridized carbons (Fsp3) is 0.696. The van der Waals surface area contributed by atoms with Crippen LogP contribution in [0.25, 0.3) is 0 Å². The van der Waals surface area contributed by atoms with E-state index in [4.69, 9.17) is 9.47 Å². The largest absolute Gasteiger partial charge is 0.416 e. The molecule has 2 aliphatic heterocycles. The summed E-state index contributed by atoms with van der Waals surface area (Å²) in [6.07, 6.45) is -0.748. The Balaban J connectivity index is 1.27. The highest BCUT2D eigenvalue weighted by atomic mass is 19.4. The van der Waals surface area contributed by atoms with E-state index in [-0.39, 0.29) is 24.0 Å². The molecule has 1 saturated carbocycles. The average molecular weight is 456 g/mol. The standard InChI is InChI=1S/C23H32F3N3O3/c1-31-21-15-32-12-7-20(21)27-18-6-5-16(13-18)22(30)29-10-8-28(9-11-29)19-4-2-3-17(14-19)23(24,25)26/h2-4,14,16,18,20-21,27H,5-13,15H2,1H3. The van der Waals surface area contributed by atoms with Gasteiger partial charge in [-0.25, -0.2) is 0 Å². The van der Waals surface area contributed by atoms with Crippen LogP contribution in [0.3, 0.4) is 0 Å². The second kappa shape index (κ2) is 9.97. The lowest BCUT2D eigenvalue weighted by Gasteiger charge is -2.37. The van der Waals surface area contributed by atoms with E-state index in [9.17, 15) is 18.0 Å². The van der Waals surface area contributed by atoms with Gasteiger partial charge < -0.3 is 24.6 Å². The van der Waals surface area contributed by atoms with Crippen LogP contribution in [0.15, 0.2) is 24.3 Å². The van der Waals surface area contributed by atoms with Crippen LogP contribution in [0.5, 0.6) is 0 Å². The number of amides is 1. The second-order valence-electron chi connectivity index (χ2n) is 8.98. The fourth-order valence-corrected chi connectivity index (χ4v) is 5.12. The van der Waals surface area contributed by atoms with E-state index in [1.54, 1.807) is 13.2 Å². The topological polar surface area (TPSA) is 54.0 Å². The minimum absolute atomic E-state index is 0.00782. The van der Waals surface area contributed by atoms with Crippen molar-refractivity contribution in [1.29, 1.82) is 0 Å². The van der Waals surface area contributed by atoms with Gasteiger partial charge in [0.15, 0.2) is 0 Å². The van der Waals surface area contributed by atoms with E-state index in [2.05, 4.69) is 5.32 Å². The number of hydrogen-bond acceptors (Lipinski definition) is 5. The van der Waals surface area contributed by atoms with Gasteiger partial charge in [-0.1, -0.05) is 6.07 Å². The van der Waals surface area contributed by atoms with Crippen molar-refractivity contribution in [2.24, 2.45) is 5.92 Å². The molecule has 1 aromatic rings. The summed E-state index contributed by atoms with van der Waals surface area (Å²) in [5, 5.41) is 3.68. The zero-order valence-corrected chi connectivity index (χ0v) is 18.4. The summed E-state index contributed by atoms with van der Waals surface area (Å²) >= 11 is 0. The van der Waals surface area contributed by atoms with E-state index in [0.717, 1.165) is 38.4 Å². The van der Waals surface area contributed by atoms with Crippen molar-refractivity contribution in [1.82, 2.24) is 10.2 Å². The van der Waals surface area contributed by atoms with Gasteiger partial charge in [0.1, 0.15) is 0 Å². The molecule has 6 nitrogen and oxygen atoms in total. The molecule has 1 aliphatic carbocycles. The highest BCUT2D eigenvalue weighted by Crippen LogP contribution is 2.32. The Hall–Kier alpha value is -1.84. The quantitative estimate of drug-likeness (QED) is 0.740. The molecule has 0 spiro atoms. The van der Waals surface area contributed by atoms with Crippen molar-refractivity contribution in [2.45, 2.75) is 50.0 Å². The van der Waals surface area contributed by atoms with Crippen molar-refractivity contribution in [3.63, 3.8) is 0 Å². The van der Waals surface area contributed by atoms with Crippen LogP contribution in [-0.2, 0) is 20.4 Å². The molecule has 3 aliphatic rings. The first kappa shape index (κ1) is 23.3. The number of carbonyl (C=O) groups excluding carboxylic acids is 1. The van der Waals surface area contributed by atoms with Gasteiger partial charge in [0.25, 0.3) is 0 Å². The van der Waals surface area contributed by atoms with Crippen molar-refractivity contribution < 1.29 is 27.4 Å². The van der Waals surface area contributed by atoms with E-state index in [1.807, 2.05) is 9.80 Å². The predicted molar refractivity (Wildman–Crippen MR) is 115 cm³/mol. The number of piperazine rings is 1. The molecule has 0 radical (unpaired) electrons. The maximum Gasteiger partial charge on any atom is 0.416 e. The van der Waals surface area contributed by atoms with Crippen molar-refractivity contribution >= 4 is 11.6 Å². The molecule has 9 heteroatoms. The summed E-state index contributed by atoms with van der Waals surface area (Å²) in [4.78, 5) is 16.9. The average Bonchev–Trinajstić information content (AvgIpc) is 3.27. The molecule has 3 fully saturated rings. The number of benzene rings is 1. The summed E-state index contributed by atoms with van der Waals surface area (Å²) in [7, 11) is 1.70. The van der Waals surface area contributed by atoms with Crippen LogP contribution in [0.1, 0.15) is 31.2 Å². The van der Waals surface area contributed by atoms with Crippen LogP contribution < -0.4 is 10.2 Å². The number of anilines is 1. The molecule has 178 valence electrons. The molecule has 4 rings (SSSR count).